The highest BCUT2D eigenvalue weighted by molar-refractivity contribution is 5.54. The molecule has 0 aliphatic carbocycles. The first-order valence-corrected chi connectivity index (χ1v) is 7.54. The summed E-state index contributed by atoms with van der Waals surface area (Å²) >= 11 is 0. The number of pyridine rings is 1. The first-order valence-electron chi connectivity index (χ1n) is 7.54. The fraction of sp³-hybridized carbons (Fsp3) is 0.667. The van der Waals surface area contributed by atoms with Crippen molar-refractivity contribution >= 4 is 11.5 Å². The van der Waals surface area contributed by atoms with Crippen LogP contribution in [0.4, 0.5) is 11.5 Å². The summed E-state index contributed by atoms with van der Waals surface area (Å²) in [7, 11) is 0. The molecule has 0 bridgehead atoms. The van der Waals surface area contributed by atoms with Gasteiger partial charge in [-0.25, -0.2) is 0 Å². The molecule has 1 aromatic heterocycles. The summed E-state index contributed by atoms with van der Waals surface area (Å²) in [5, 5.41) is 0. The molecule has 2 saturated heterocycles. The molecule has 2 aliphatic heterocycles. The van der Waals surface area contributed by atoms with Crippen molar-refractivity contribution in [3.63, 3.8) is 0 Å². The van der Waals surface area contributed by atoms with Crippen LogP contribution in [0.25, 0.3) is 0 Å². The monoisotopic (exact) mass is 293 g/mol. The van der Waals surface area contributed by atoms with Crippen LogP contribution < -0.4 is 15.4 Å². The molecule has 6 nitrogen and oxygen atoms in total. The second-order valence-corrected chi connectivity index (χ2v) is 5.83. The smallest absolute Gasteiger partial charge is 0.239 e. The van der Waals surface area contributed by atoms with Gasteiger partial charge in [0.15, 0.2) is 5.79 Å². The van der Waals surface area contributed by atoms with Crippen LogP contribution in [-0.4, -0.2) is 43.2 Å². The lowest BCUT2D eigenvalue weighted by atomic mass is 10.0. The van der Waals surface area contributed by atoms with Crippen LogP contribution in [0.3, 0.4) is 0 Å². The van der Waals surface area contributed by atoms with Gasteiger partial charge in [-0.2, -0.15) is 4.98 Å². The number of anilines is 2. The minimum Gasteiger partial charge on any atom is -0.473 e. The summed E-state index contributed by atoms with van der Waals surface area (Å²) in [4.78, 5) is 6.77. The number of ether oxygens (including phenoxy) is 3. The van der Waals surface area contributed by atoms with Gasteiger partial charge in [-0.1, -0.05) is 0 Å². The van der Waals surface area contributed by atoms with E-state index in [1.54, 1.807) is 0 Å². The van der Waals surface area contributed by atoms with Gasteiger partial charge in [0.25, 0.3) is 0 Å². The molecule has 21 heavy (non-hydrogen) atoms. The number of aromatic nitrogens is 1. The normalized spacial score (nSPS) is 21.2. The number of nitrogens with zero attached hydrogens (tertiary/aromatic N) is 2. The van der Waals surface area contributed by atoms with Crippen molar-refractivity contribution in [1.82, 2.24) is 4.98 Å². The van der Waals surface area contributed by atoms with Crippen LogP contribution in [0.15, 0.2) is 12.1 Å². The van der Waals surface area contributed by atoms with Gasteiger partial charge in [-0.15, -0.1) is 0 Å². The standard InChI is InChI=1S/C15H23N3O3/c1-11(2)21-14-12(16)3-4-13(17-14)18-7-5-15(6-8-18)19-9-10-20-15/h3-4,11H,5-10,16H2,1-2H3. The summed E-state index contributed by atoms with van der Waals surface area (Å²) < 4.78 is 17.2. The van der Waals surface area contributed by atoms with E-state index in [0.29, 0.717) is 24.8 Å². The molecule has 2 aliphatic rings. The number of nitrogens with two attached hydrogens (primary N) is 1. The second-order valence-electron chi connectivity index (χ2n) is 5.83. The Balaban J connectivity index is 1.70. The highest BCUT2D eigenvalue weighted by Crippen LogP contribution is 2.33. The van der Waals surface area contributed by atoms with E-state index in [-0.39, 0.29) is 11.9 Å². The highest BCUT2D eigenvalue weighted by atomic mass is 16.7. The van der Waals surface area contributed by atoms with E-state index < -0.39 is 0 Å². The highest BCUT2D eigenvalue weighted by Gasteiger charge is 2.40. The molecule has 1 spiro atoms. The van der Waals surface area contributed by atoms with Crippen LogP contribution in [0.5, 0.6) is 5.88 Å². The van der Waals surface area contributed by atoms with Crippen molar-refractivity contribution in [1.29, 1.82) is 0 Å². The third kappa shape index (κ3) is 3.06. The van der Waals surface area contributed by atoms with Gasteiger partial charge in [0.05, 0.1) is 25.0 Å². The number of hydrogen-bond acceptors (Lipinski definition) is 6. The fourth-order valence-electron chi connectivity index (χ4n) is 2.80. The maximum absolute atomic E-state index is 5.92. The van der Waals surface area contributed by atoms with Gasteiger partial charge in [-0.3, -0.25) is 0 Å². The molecule has 3 heterocycles. The minimum atomic E-state index is -0.360. The van der Waals surface area contributed by atoms with Crippen molar-refractivity contribution < 1.29 is 14.2 Å². The molecule has 2 fully saturated rings. The lowest BCUT2D eigenvalue weighted by molar-refractivity contribution is -0.169. The average Bonchev–Trinajstić information content (AvgIpc) is 2.90. The predicted octanol–water partition coefficient (Wildman–Crippen LogP) is 1.79. The molecule has 0 radical (unpaired) electrons. The van der Waals surface area contributed by atoms with Crippen LogP contribution in [0.2, 0.25) is 0 Å². The van der Waals surface area contributed by atoms with E-state index in [9.17, 15) is 0 Å². The Bertz CT molecular complexity index is 491. The third-order valence-electron chi connectivity index (χ3n) is 3.89. The zero-order valence-corrected chi connectivity index (χ0v) is 12.7. The first-order chi connectivity index (χ1) is 10.1. The van der Waals surface area contributed by atoms with E-state index in [1.165, 1.54) is 0 Å². The van der Waals surface area contributed by atoms with Crippen LogP contribution >= 0.6 is 0 Å². The quantitative estimate of drug-likeness (QED) is 0.916. The Morgan fingerprint density at radius 3 is 2.52 bits per heavy atom. The zero-order chi connectivity index (χ0) is 14.9. The van der Waals surface area contributed by atoms with Crippen molar-refractivity contribution in [2.24, 2.45) is 0 Å². The van der Waals surface area contributed by atoms with Gasteiger partial charge >= 0.3 is 0 Å². The molecule has 0 aromatic carbocycles. The second kappa shape index (κ2) is 5.69. The minimum absolute atomic E-state index is 0.0555. The predicted molar refractivity (Wildman–Crippen MR) is 80.5 cm³/mol. The molecular weight excluding hydrogens is 270 g/mol. The number of rotatable bonds is 3. The zero-order valence-electron chi connectivity index (χ0n) is 12.7. The van der Waals surface area contributed by atoms with E-state index in [0.717, 1.165) is 31.7 Å². The van der Waals surface area contributed by atoms with Crippen LogP contribution in [-0.2, 0) is 9.47 Å². The van der Waals surface area contributed by atoms with Gasteiger partial charge in [-0.05, 0) is 26.0 Å². The molecular formula is C15H23N3O3. The van der Waals surface area contributed by atoms with Crippen LogP contribution in [0, 0.1) is 0 Å². The number of piperidine rings is 1. The molecule has 3 rings (SSSR count). The molecule has 1 aromatic rings. The van der Waals surface area contributed by atoms with Crippen molar-refractivity contribution in [3.05, 3.63) is 12.1 Å². The molecule has 2 N–H and O–H groups in total. The van der Waals surface area contributed by atoms with E-state index in [1.807, 2.05) is 26.0 Å². The van der Waals surface area contributed by atoms with Crippen molar-refractivity contribution in [3.8, 4) is 5.88 Å². The summed E-state index contributed by atoms with van der Waals surface area (Å²) in [6.45, 7) is 7.05. The largest absolute Gasteiger partial charge is 0.473 e. The van der Waals surface area contributed by atoms with Crippen molar-refractivity contribution in [2.45, 2.75) is 38.6 Å². The molecule has 116 valence electrons. The lowest BCUT2D eigenvalue weighted by Gasteiger charge is -2.38. The Hall–Kier alpha value is -1.53. The van der Waals surface area contributed by atoms with Gasteiger partial charge in [0, 0.05) is 25.9 Å². The Kier molecular flexibility index (Phi) is 3.91. The maximum Gasteiger partial charge on any atom is 0.239 e. The van der Waals surface area contributed by atoms with E-state index in [2.05, 4.69) is 9.88 Å². The Morgan fingerprint density at radius 1 is 1.24 bits per heavy atom. The Labute approximate surface area is 125 Å². The van der Waals surface area contributed by atoms with Gasteiger partial charge in [0.2, 0.25) is 5.88 Å². The maximum atomic E-state index is 5.92. The third-order valence-corrected chi connectivity index (χ3v) is 3.89. The summed E-state index contributed by atoms with van der Waals surface area (Å²) in [6, 6.07) is 3.80. The number of hydrogen-bond donors (Lipinski definition) is 1. The molecule has 0 saturated carbocycles. The fourth-order valence-corrected chi connectivity index (χ4v) is 2.80. The van der Waals surface area contributed by atoms with E-state index >= 15 is 0 Å². The molecule has 0 unspecified atom stereocenters. The lowest BCUT2D eigenvalue weighted by Crippen LogP contribution is -2.45. The Morgan fingerprint density at radius 2 is 1.90 bits per heavy atom. The van der Waals surface area contributed by atoms with E-state index in [4.69, 9.17) is 19.9 Å². The topological polar surface area (TPSA) is 69.8 Å². The summed E-state index contributed by atoms with van der Waals surface area (Å²) in [5.41, 5.74) is 6.49. The van der Waals surface area contributed by atoms with Gasteiger partial charge < -0.3 is 24.8 Å². The summed E-state index contributed by atoms with van der Waals surface area (Å²) in [5.74, 6) is 1.05. The number of nitrogen functional groups attached to an aromatic ring is 1. The van der Waals surface area contributed by atoms with Crippen molar-refractivity contribution in [2.75, 3.05) is 36.9 Å². The van der Waals surface area contributed by atoms with Crippen LogP contribution in [0.1, 0.15) is 26.7 Å². The SMILES string of the molecule is CC(C)Oc1nc(N2CCC3(CC2)OCCO3)ccc1N. The first kappa shape index (κ1) is 14.4. The summed E-state index contributed by atoms with van der Waals surface area (Å²) in [6.07, 6.45) is 1.78. The molecule has 0 atom stereocenters. The molecule has 6 heteroatoms. The average molecular weight is 293 g/mol. The molecule has 0 amide bonds. The van der Waals surface area contributed by atoms with Gasteiger partial charge in [0.1, 0.15) is 5.82 Å².